The Bertz CT molecular complexity index is 508. The topological polar surface area (TPSA) is 70.4 Å². The van der Waals surface area contributed by atoms with Gasteiger partial charge in [0.25, 0.3) is 0 Å². The second kappa shape index (κ2) is 5.07. The molecular formula is C12H12N4O. The fourth-order valence-electron chi connectivity index (χ4n) is 1.47. The Balaban J connectivity index is 2.37. The second-order valence-electron chi connectivity index (χ2n) is 3.37. The quantitative estimate of drug-likeness (QED) is 0.477. The molecule has 0 aliphatic carbocycles. The predicted octanol–water partition coefficient (Wildman–Crippen LogP) is 1.74. The summed E-state index contributed by atoms with van der Waals surface area (Å²) in [6.07, 6.45) is 4.95. The van der Waals surface area contributed by atoms with E-state index in [1.807, 2.05) is 18.2 Å². The molecule has 0 saturated carbocycles. The van der Waals surface area contributed by atoms with Gasteiger partial charge in [0.1, 0.15) is 11.5 Å². The lowest BCUT2D eigenvalue weighted by molar-refractivity contribution is 0.319. The molecule has 2 rings (SSSR count). The highest BCUT2D eigenvalue weighted by Crippen LogP contribution is 2.11. The van der Waals surface area contributed by atoms with Crippen LogP contribution in [0.15, 0.2) is 48.0 Å². The van der Waals surface area contributed by atoms with Crippen molar-refractivity contribution in [3.8, 4) is 0 Å². The molecule has 0 bridgehead atoms. The van der Waals surface area contributed by atoms with Crippen LogP contribution in [0.1, 0.15) is 11.1 Å². The van der Waals surface area contributed by atoms with Crippen LogP contribution < -0.4 is 5.32 Å². The number of hydrogen-bond acceptors (Lipinski definition) is 5. The zero-order valence-corrected chi connectivity index (χ0v) is 9.33. The average molecular weight is 228 g/mol. The van der Waals surface area contributed by atoms with Gasteiger partial charge in [0.05, 0.1) is 0 Å². The molecule has 0 aliphatic rings. The summed E-state index contributed by atoms with van der Waals surface area (Å²) in [4.78, 5) is 8.16. The van der Waals surface area contributed by atoms with E-state index in [4.69, 9.17) is 5.21 Å². The van der Waals surface area contributed by atoms with E-state index in [1.54, 1.807) is 31.7 Å². The fourth-order valence-corrected chi connectivity index (χ4v) is 1.47. The molecule has 5 heteroatoms. The molecule has 0 amide bonds. The summed E-state index contributed by atoms with van der Waals surface area (Å²) in [7, 11) is 1.80. The third-order valence-electron chi connectivity index (χ3n) is 2.33. The molecule has 0 spiro atoms. The van der Waals surface area contributed by atoms with Gasteiger partial charge in [-0.3, -0.25) is 4.98 Å². The largest absolute Gasteiger partial charge is 0.410 e. The van der Waals surface area contributed by atoms with Gasteiger partial charge >= 0.3 is 0 Å². The van der Waals surface area contributed by atoms with E-state index < -0.39 is 0 Å². The highest BCUT2D eigenvalue weighted by atomic mass is 16.4. The minimum Gasteiger partial charge on any atom is -0.410 e. The van der Waals surface area contributed by atoms with Crippen LogP contribution in [0.25, 0.3) is 0 Å². The van der Waals surface area contributed by atoms with Gasteiger partial charge < -0.3 is 10.5 Å². The van der Waals surface area contributed by atoms with Crippen LogP contribution in [0, 0.1) is 0 Å². The molecular weight excluding hydrogens is 216 g/mol. The van der Waals surface area contributed by atoms with Gasteiger partial charge in [-0.05, 0) is 24.3 Å². The van der Waals surface area contributed by atoms with Crippen LogP contribution in [-0.2, 0) is 0 Å². The molecule has 0 aromatic carbocycles. The summed E-state index contributed by atoms with van der Waals surface area (Å²) in [6.45, 7) is 0. The first-order valence-corrected chi connectivity index (χ1v) is 5.12. The number of nitrogens with one attached hydrogen (secondary N) is 1. The van der Waals surface area contributed by atoms with E-state index >= 15 is 0 Å². The molecule has 5 nitrogen and oxygen atoms in total. The van der Waals surface area contributed by atoms with Crippen molar-refractivity contribution < 1.29 is 5.21 Å². The van der Waals surface area contributed by atoms with Crippen LogP contribution in [-0.4, -0.2) is 27.9 Å². The molecule has 0 fully saturated rings. The molecule has 86 valence electrons. The molecule has 2 heterocycles. The lowest BCUT2D eigenvalue weighted by Crippen LogP contribution is -2.05. The first-order valence-electron chi connectivity index (χ1n) is 5.12. The van der Waals surface area contributed by atoms with Crippen LogP contribution >= 0.6 is 0 Å². The predicted molar refractivity (Wildman–Crippen MR) is 65.4 cm³/mol. The normalized spacial score (nSPS) is 11.2. The second-order valence-corrected chi connectivity index (χ2v) is 3.37. The molecule has 2 aromatic rings. The van der Waals surface area contributed by atoms with Gasteiger partial charge in [-0.1, -0.05) is 5.16 Å². The standard InChI is InChI=1S/C12H12N4O/c1-13-11-5-4-10(8-15-11)12(16-17)9-3-2-6-14-7-9/h2-8,17H,1H3,(H,13,15). The van der Waals surface area contributed by atoms with Crippen LogP contribution in [0.4, 0.5) is 5.82 Å². The molecule has 0 radical (unpaired) electrons. The third-order valence-corrected chi connectivity index (χ3v) is 2.33. The van der Waals surface area contributed by atoms with Crippen LogP contribution in [0.5, 0.6) is 0 Å². The number of anilines is 1. The number of nitrogens with zero attached hydrogens (tertiary/aromatic N) is 3. The Morgan fingerprint density at radius 2 is 2.06 bits per heavy atom. The highest BCUT2D eigenvalue weighted by Gasteiger charge is 2.07. The van der Waals surface area contributed by atoms with Crippen molar-refractivity contribution in [2.75, 3.05) is 12.4 Å². The van der Waals surface area contributed by atoms with E-state index in [9.17, 15) is 0 Å². The number of oxime groups is 1. The summed E-state index contributed by atoms with van der Waals surface area (Å²) >= 11 is 0. The number of hydrogen-bond donors (Lipinski definition) is 2. The Kier molecular flexibility index (Phi) is 3.30. The van der Waals surface area contributed by atoms with Crippen molar-refractivity contribution in [2.24, 2.45) is 5.16 Å². The van der Waals surface area contributed by atoms with Crippen molar-refractivity contribution in [3.05, 3.63) is 54.0 Å². The van der Waals surface area contributed by atoms with Crippen molar-refractivity contribution in [2.45, 2.75) is 0 Å². The number of pyridine rings is 2. The van der Waals surface area contributed by atoms with Gasteiger partial charge in [-0.2, -0.15) is 0 Å². The van der Waals surface area contributed by atoms with Gasteiger partial charge in [-0.15, -0.1) is 0 Å². The first kappa shape index (κ1) is 11.1. The minimum atomic E-state index is 0.452. The Labute approximate surface area is 98.9 Å². The van der Waals surface area contributed by atoms with E-state index in [0.717, 1.165) is 16.9 Å². The van der Waals surface area contributed by atoms with Crippen molar-refractivity contribution in [3.63, 3.8) is 0 Å². The fraction of sp³-hybridized carbons (Fsp3) is 0.0833. The summed E-state index contributed by atoms with van der Waals surface area (Å²) in [6, 6.07) is 7.27. The Morgan fingerprint density at radius 1 is 1.24 bits per heavy atom. The van der Waals surface area contributed by atoms with Gasteiger partial charge in [0, 0.05) is 36.8 Å². The highest BCUT2D eigenvalue weighted by molar-refractivity contribution is 6.12. The zero-order valence-electron chi connectivity index (χ0n) is 9.33. The van der Waals surface area contributed by atoms with Gasteiger partial charge in [-0.25, -0.2) is 4.98 Å². The van der Waals surface area contributed by atoms with Gasteiger partial charge in [0.15, 0.2) is 0 Å². The number of aromatic nitrogens is 2. The van der Waals surface area contributed by atoms with Crippen molar-refractivity contribution in [1.29, 1.82) is 0 Å². The molecule has 0 saturated heterocycles. The Hall–Kier alpha value is -2.43. The van der Waals surface area contributed by atoms with Gasteiger partial charge in [0.2, 0.25) is 0 Å². The molecule has 17 heavy (non-hydrogen) atoms. The first-order chi connectivity index (χ1) is 8.35. The zero-order chi connectivity index (χ0) is 12.1. The molecule has 2 aromatic heterocycles. The minimum absolute atomic E-state index is 0.452. The van der Waals surface area contributed by atoms with Crippen molar-refractivity contribution in [1.82, 2.24) is 9.97 Å². The lowest BCUT2D eigenvalue weighted by Gasteiger charge is -2.05. The van der Waals surface area contributed by atoms with Crippen molar-refractivity contribution >= 4 is 11.5 Å². The van der Waals surface area contributed by atoms with E-state index in [2.05, 4.69) is 20.4 Å². The lowest BCUT2D eigenvalue weighted by atomic mass is 10.1. The number of rotatable bonds is 3. The summed E-state index contributed by atoms with van der Waals surface area (Å²) in [5.41, 5.74) is 1.93. The monoisotopic (exact) mass is 228 g/mol. The Morgan fingerprint density at radius 3 is 2.59 bits per heavy atom. The van der Waals surface area contributed by atoms with E-state index in [0.29, 0.717) is 5.71 Å². The summed E-state index contributed by atoms with van der Waals surface area (Å²) in [5.74, 6) is 0.761. The maximum Gasteiger partial charge on any atom is 0.125 e. The summed E-state index contributed by atoms with van der Waals surface area (Å²) in [5, 5.41) is 15.3. The average Bonchev–Trinajstić information content (AvgIpc) is 2.42. The SMILES string of the molecule is CNc1ccc(C(=NO)c2cccnc2)cn1. The maximum atomic E-state index is 9.08. The molecule has 0 aliphatic heterocycles. The van der Waals surface area contributed by atoms with Crippen LogP contribution in [0.2, 0.25) is 0 Å². The van der Waals surface area contributed by atoms with E-state index in [1.165, 1.54) is 0 Å². The maximum absolute atomic E-state index is 9.08. The van der Waals surface area contributed by atoms with E-state index in [-0.39, 0.29) is 0 Å². The molecule has 2 N–H and O–H groups in total. The smallest absolute Gasteiger partial charge is 0.125 e. The summed E-state index contributed by atoms with van der Waals surface area (Å²) < 4.78 is 0. The van der Waals surface area contributed by atoms with Crippen LogP contribution in [0.3, 0.4) is 0 Å². The molecule has 0 unspecified atom stereocenters. The molecule has 0 atom stereocenters. The third kappa shape index (κ3) is 2.39.